The third kappa shape index (κ3) is 7.28. The molecule has 0 aromatic heterocycles. The van der Waals surface area contributed by atoms with Crippen molar-refractivity contribution in [2.24, 2.45) is 0 Å². The molecule has 0 unspecified atom stereocenters. The van der Waals surface area contributed by atoms with Gasteiger partial charge in [-0.25, -0.2) is 0 Å². The monoisotopic (exact) mass is 196 g/mol. The van der Waals surface area contributed by atoms with E-state index in [1.165, 1.54) is 5.57 Å². The van der Waals surface area contributed by atoms with Gasteiger partial charge in [0.25, 0.3) is 0 Å². The Balaban J connectivity index is 0.000000255. The summed E-state index contributed by atoms with van der Waals surface area (Å²) in [4.78, 5) is 20.1. The van der Waals surface area contributed by atoms with E-state index in [1.54, 1.807) is 6.08 Å². The van der Waals surface area contributed by atoms with E-state index in [0.717, 1.165) is 6.42 Å². The summed E-state index contributed by atoms with van der Waals surface area (Å²) in [6, 6.07) is 0. The van der Waals surface area contributed by atoms with Gasteiger partial charge in [0.1, 0.15) is 0 Å². The van der Waals surface area contributed by atoms with Crippen LogP contribution < -0.4 is 0 Å². The summed E-state index contributed by atoms with van der Waals surface area (Å²) in [6.07, 6.45) is 7.00. The number of rotatable bonds is 2. The molecule has 0 atom stereocenters. The Labute approximate surface area is 84.1 Å². The minimum Gasteiger partial charge on any atom is -0.481 e. The highest BCUT2D eigenvalue weighted by molar-refractivity contribution is 5.92. The van der Waals surface area contributed by atoms with E-state index in [2.05, 4.69) is 0 Å². The van der Waals surface area contributed by atoms with E-state index in [0.29, 0.717) is 12.8 Å². The van der Waals surface area contributed by atoms with Crippen molar-refractivity contribution in [2.45, 2.75) is 33.1 Å². The maximum absolute atomic E-state index is 10.5. The molecule has 0 saturated heterocycles. The second kappa shape index (κ2) is 7.06. The van der Waals surface area contributed by atoms with Gasteiger partial charge in [-0.1, -0.05) is 24.6 Å². The Morgan fingerprint density at radius 1 is 1.50 bits per heavy atom. The van der Waals surface area contributed by atoms with Crippen molar-refractivity contribution in [3.63, 3.8) is 0 Å². The average Bonchev–Trinajstić information content (AvgIpc) is 2.11. The van der Waals surface area contributed by atoms with Crippen molar-refractivity contribution < 1.29 is 14.7 Å². The summed E-state index contributed by atoms with van der Waals surface area (Å²) in [5, 5.41) is 7.91. The Hall–Kier alpha value is -1.38. The number of hydrogen-bond donors (Lipinski definition) is 1. The second-order valence-corrected chi connectivity index (χ2v) is 3.10. The van der Waals surface area contributed by atoms with Gasteiger partial charge in [-0.05, 0) is 19.4 Å². The molecule has 1 aliphatic carbocycles. The fourth-order valence-electron chi connectivity index (χ4n) is 0.836. The fourth-order valence-corrected chi connectivity index (χ4v) is 0.836. The van der Waals surface area contributed by atoms with Crippen LogP contribution in [-0.2, 0) is 9.59 Å². The molecule has 1 rings (SSSR count). The number of aliphatic carboxylic acids is 1. The van der Waals surface area contributed by atoms with E-state index >= 15 is 0 Å². The lowest BCUT2D eigenvalue weighted by atomic mass is 10.1. The molecule has 0 amide bonds. The summed E-state index contributed by atoms with van der Waals surface area (Å²) >= 11 is 0. The highest BCUT2D eigenvalue weighted by atomic mass is 16.4. The molecule has 3 heteroatoms. The first-order chi connectivity index (χ1) is 6.56. The summed E-state index contributed by atoms with van der Waals surface area (Å²) in [5.74, 6) is -0.506. The van der Waals surface area contributed by atoms with Crippen LogP contribution in [0.25, 0.3) is 0 Å². The van der Waals surface area contributed by atoms with Crippen molar-refractivity contribution in [1.29, 1.82) is 0 Å². The number of carboxylic acids is 1. The van der Waals surface area contributed by atoms with Crippen LogP contribution in [-0.4, -0.2) is 16.9 Å². The largest absolute Gasteiger partial charge is 0.481 e. The maximum atomic E-state index is 10.5. The van der Waals surface area contributed by atoms with Gasteiger partial charge in [0, 0.05) is 12.8 Å². The van der Waals surface area contributed by atoms with E-state index in [-0.39, 0.29) is 5.78 Å². The number of carbonyl (C=O) groups is 2. The topological polar surface area (TPSA) is 54.4 Å². The number of carbonyl (C=O) groups excluding carboxylic acids is 1. The molecule has 0 radical (unpaired) electrons. The lowest BCUT2D eigenvalue weighted by molar-refractivity contribution is -0.137. The quantitative estimate of drug-likeness (QED) is 0.737. The Morgan fingerprint density at radius 3 is 2.36 bits per heavy atom. The summed E-state index contributed by atoms with van der Waals surface area (Å²) in [5.41, 5.74) is 1.18. The molecule has 0 aliphatic heterocycles. The molecule has 1 aliphatic rings. The molecule has 14 heavy (non-hydrogen) atoms. The minimum atomic E-state index is -0.711. The zero-order valence-electron chi connectivity index (χ0n) is 8.62. The lowest BCUT2D eigenvalue weighted by Gasteiger charge is -1.96. The molecule has 0 bridgehead atoms. The normalized spacial score (nSPS) is 14.1. The van der Waals surface area contributed by atoms with Crippen LogP contribution in [0.3, 0.4) is 0 Å². The van der Waals surface area contributed by atoms with Gasteiger partial charge in [-0.15, -0.1) is 0 Å². The predicted octanol–water partition coefficient (Wildman–Crippen LogP) is 2.33. The van der Waals surface area contributed by atoms with Gasteiger partial charge >= 0.3 is 5.97 Å². The molecular weight excluding hydrogens is 180 g/mol. The molecule has 0 aromatic rings. The van der Waals surface area contributed by atoms with Crippen LogP contribution >= 0.6 is 0 Å². The third-order valence-corrected chi connectivity index (χ3v) is 1.62. The lowest BCUT2D eigenvalue weighted by Crippen LogP contribution is -1.93. The van der Waals surface area contributed by atoms with E-state index in [9.17, 15) is 9.59 Å². The standard InChI is InChI=1S/C7H8O.C4H8O2/c1-6-2-4-7(8)5-3-6;1-2-3-4(5)6/h2-4H,5H2,1H3;2-3H2,1H3,(H,5,6). The third-order valence-electron chi connectivity index (χ3n) is 1.62. The summed E-state index contributed by atoms with van der Waals surface area (Å²) in [6.45, 7) is 3.83. The first kappa shape index (κ1) is 12.6. The van der Waals surface area contributed by atoms with Crippen molar-refractivity contribution in [3.8, 4) is 0 Å². The Kier molecular flexibility index (Phi) is 6.37. The summed E-state index contributed by atoms with van der Waals surface area (Å²) in [7, 11) is 0. The molecule has 1 N–H and O–H groups in total. The van der Waals surface area contributed by atoms with Crippen molar-refractivity contribution in [3.05, 3.63) is 23.8 Å². The minimum absolute atomic E-state index is 0.204. The molecule has 0 fully saturated rings. The van der Waals surface area contributed by atoms with Crippen LogP contribution in [0, 0.1) is 0 Å². The van der Waals surface area contributed by atoms with E-state index in [4.69, 9.17) is 5.11 Å². The molecule has 0 saturated carbocycles. The zero-order chi connectivity index (χ0) is 11.0. The first-order valence-corrected chi connectivity index (χ1v) is 4.65. The molecule has 0 aromatic carbocycles. The zero-order valence-corrected chi connectivity index (χ0v) is 8.62. The highest BCUT2D eigenvalue weighted by Crippen LogP contribution is 2.04. The highest BCUT2D eigenvalue weighted by Gasteiger charge is 1.97. The Morgan fingerprint density at radius 2 is 2.14 bits per heavy atom. The van der Waals surface area contributed by atoms with E-state index in [1.807, 2.05) is 26.0 Å². The van der Waals surface area contributed by atoms with Gasteiger partial charge < -0.3 is 5.11 Å². The number of hydrogen-bond acceptors (Lipinski definition) is 2. The van der Waals surface area contributed by atoms with Gasteiger partial charge in [0.05, 0.1) is 0 Å². The Bertz CT molecular complexity index is 259. The average molecular weight is 196 g/mol. The van der Waals surface area contributed by atoms with Crippen molar-refractivity contribution in [1.82, 2.24) is 0 Å². The summed E-state index contributed by atoms with van der Waals surface area (Å²) < 4.78 is 0. The van der Waals surface area contributed by atoms with Crippen LogP contribution in [0.15, 0.2) is 23.8 Å². The second-order valence-electron chi connectivity index (χ2n) is 3.10. The van der Waals surface area contributed by atoms with E-state index < -0.39 is 5.97 Å². The van der Waals surface area contributed by atoms with Gasteiger partial charge in [0.2, 0.25) is 0 Å². The predicted molar refractivity (Wildman–Crippen MR) is 55.1 cm³/mol. The number of carboxylic acid groups (broad SMARTS) is 1. The first-order valence-electron chi connectivity index (χ1n) is 4.65. The molecule has 78 valence electrons. The molecule has 3 nitrogen and oxygen atoms in total. The molecular formula is C11H16O3. The van der Waals surface area contributed by atoms with Crippen LogP contribution in [0.5, 0.6) is 0 Å². The molecule has 0 spiro atoms. The smallest absolute Gasteiger partial charge is 0.303 e. The SMILES string of the molecule is CC1=CCC(=O)C=C1.CCCC(=O)O. The number of allylic oxidation sites excluding steroid dienone is 4. The van der Waals surface area contributed by atoms with Crippen LogP contribution in [0.1, 0.15) is 33.1 Å². The van der Waals surface area contributed by atoms with Gasteiger partial charge in [0.15, 0.2) is 5.78 Å². The van der Waals surface area contributed by atoms with Crippen LogP contribution in [0.4, 0.5) is 0 Å². The number of ketones is 1. The molecule has 0 heterocycles. The maximum Gasteiger partial charge on any atom is 0.303 e. The van der Waals surface area contributed by atoms with Crippen molar-refractivity contribution >= 4 is 11.8 Å². The van der Waals surface area contributed by atoms with Crippen molar-refractivity contribution in [2.75, 3.05) is 0 Å². The van der Waals surface area contributed by atoms with Gasteiger partial charge in [-0.3, -0.25) is 9.59 Å². The fraction of sp³-hybridized carbons (Fsp3) is 0.455. The van der Waals surface area contributed by atoms with Gasteiger partial charge in [-0.2, -0.15) is 0 Å². The van der Waals surface area contributed by atoms with Crippen LogP contribution in [0.2, 0.25) is 0 Å².